The zero-order valence-corrected chi connectivity index (χ0v) is 10.4. The van der Waals surface area contributed by atoms with Crippen molar-refractivity contribution in [1.29, 1.82) is 0 Å². The van der Waals surface area contributed by atoms with Crippen molar-refractivity contribution in [3.8, 4) is 0 Å². The molecular formula is C10H21NO3S. The van der Waals surface area contributed by atoms with Crippen molar-refractivity contribution < 1.29 is 15.0 Å². The van der Waals surface area contributed by atoms with Crippen molar-refractivity contribution in [2.24, 2.45) is 0 Å². The molecule has 0 aliphatic rings. The molecular weight excluding hydrogens is 214 g/mol. The standard InChI is InChI=1S/C10H21NO3S/c1-8(4-6-12)15-7-5-10(2,11-3)9(13)14/h8,11-12H,4-7H2,1-3H3,(H,13,14). The summed E-state index contributed by atoms with van der Waals surface area (Å²) >= 11 is 1.70. The molecule has 0 saturated heterocycles. The second kappa shape index (κ2) is 7.09. The van der Waals surface area contributed by atoms with E-state index < -0.39 is 11.5 Å². The van der Waals surface area contributed by atoms with Crippen molar-refractivity contribution in [3.63, 3.8) is 0 Å². The van der Waals surface area contributed by atoms with Gasteiger partial charge in [-0.3, -0.25) is 4.79 Å². The monoisotopic (exact) mass is 235 g/mol. The Morgan fingerprint density at radius 1 is 1.60 bits per heavy atom. The molecule has 90 valence electrons. The van der Waals surface area contributed by atoms with Crippen LogP contribution in [0.25, 0.3) is 0 Å². The second-order valence-corrected chi connectivity index (χ2v) is 5.38. The number of hydrogen-bond acceptors (Lipinski definition) is 4. The van der Waals surface area contributed by atoms with Crippen molar-refractivity contribution in [1.82, 2.24) is 5.32 Å². The summed E-state index contributed by atoms with van der Waals surface area (Å²) in [6.07, 6.45) is 1.34. The summed E-state index contributed by atoms with van der Waals surface area (Å²) in [5, 5.41) is 20.9. The van der Waals surface area contributed by atoms with Gasteiger partial charge >= 0.3 is 5.97 Å². The van der Waals surface area contributed by atoms with Gasteiger partial charge in [0.2, 0.25) is 0 Å². The second-order valence-electron chi connectivity index (χ2n) is 3.83. The molecule has 2 unspecified atom stereocenters. The normalized spacial score (nSPS) is 17.1. The van der Waals surface area contributed by atoms with E-state index in [-0.39, 0.29) is 6.61 Å². The van der Waals surface area contributed by atoms with Gasteiger partial charge in [-0.25, -0.2) is 0 Å². The zero-order chi connectivity index (χ0) is 11.9. The summed E-state index contributed by atoms with van der Waals surface area (Å²) in [6, 6.07) is 0. The van der Waals surface area contributed by atoms with Crippen LogP contribution in [-0.4, -0.2) is 46.4 Å². The molecule has 0 spiro atoms. The van der Waals surface area contributed by atoms with E-state index in [1.54, 1.807) is 25.7 Å². The molecule has 4 nitrogen and oxygen atoms in total. The highest BCUT2D eigenvalue weighted by Crippen LogP contribution is 2.19. The van der Waals surface area contributed by atoms with E-state index in [1.807, 2.05) is 6.92 Å². The highest BCUT2D eigenvalue weighted by molar-refractivity contribution is 7.99. The number of thioether (sulfide) groups is 1. The van der Waals surface area contributed by atoms with Crippen LogP contribution < -0.4 is 5.32 Å². The first-order valence-electron chi connectivity index (χ1n) is 5.11. The minimum Gasteiger partial charge on any atom is -0.480 e. The lowest BCUT2D eigenvalue weighted by Gasteiger charge is -2.24. The molecule has 5 heteroatoms. The Labute approximate surface area is 95.4 Å². The lowest BCUT2D eigenvalue weighted by molar-refractivity contribution is -0.144. The van der Waals surface area contributed by atoms with Gasteiger partial charge in [-0.1, -0.05) is 6.92 Å². The molecule has 0 radical (unpaired) electrons. The van der Waals surface area contributed by atoms with Crippen LogP contribution in [0.3, 0.4) is 0 Å². The third-order valence-corrected chi connectivity index (χ3v) is 3.81. The van der Waals surface area contributed by atoms with Gasteiger partial charge in [0.25, 0.3) is 0 Å². The molecule has 0 rings (SSSR count). The van der Waals surface area contributed by atoms with Crippen LogP contribution >= 0.6 is 11.8 Å². The van der Waals surface area contributed by atoms with Crippen LogP contribution in [0, 0.1) is 0 Å². The number of aliphatic hydroxyl groups excluding tert-OH is 1. The Hall–Kier alpha value is -0.260. The van der Waals surface area contributed by atoms with Gasteiger partial charge in [0.1, 0.15) is 5.54 Å². The summed E-state index contributed by atoms with van der Waals surface area (Å²) in [6.45, 7) is 3.92. The molecule has 0 aliphatic heterocycles. The summed E-state index contributed by atoms with van der Waals surface area (Å²) in [5.74, 6) is -0.0365. The lowest BCUT2D eigenvalue weighted by atomic mass is 10.00. The Morgan fingerprint density at radius 3 is 2.60 bits per heavy atom. The van der Waals surface area contributed by atoms with E-state index in [0.717, 1.165) is 12.2 Å². The van der Waals surface area contributed by atoms with Gasteiger partial charge < -0.3 is 15.5 Å². The first-order valence-corrected chi connectivity index (χ1v) is 6.16. The first-order chi connectivity index (χ1) is 6.96. The number of hydrogen-bond donors (Lipinski definition) is 3. The van der Waals surface area contributed by atoms with E-state index in [1.165, 1.54) is 0 Å². The summed E-state index contributed by atoms with van der Waals surface area (Å²) < 4.78 is 0. The van der Waals surface area contributed by atoms with Crippen LogP contribution in [0.1, 0.15) is 26.7 Å². The molecule has 0 aromatic heterocycles. The summed E-state index contributed by atoms with van der Waals surface area (Å²) in [5.41, 5.74) is -0.841. The van der Waals surface area contributed by atoms with E-state index in [0.29, 0.717) is 11.7 Å². The number of aliphatic carboxylic acids is 1. The van der Waals surface area contributed by atoms with E-state index in [2.05, 4.69) is 5.32 Å². The molecule has 0 amide bonds. The van der Waals surface area contributed by atoms with Gasteiger partial charge in [0, 0.05) is 11.9 Å². The largest absolute Gasteiger partial charge is 0.480 e. The molecule has 0 bridgehead atoms. The third kappa shape index (κ3) is 5.39. The fraction of sp³-hybridized carbons (Fsp3) is 0.900. The molecule has 15 heavy (non-hydrogen) atoms. The van der Waals surface area contributed by atoms with Gasteiger partial charge in [-0.2, -0.15) is 11.8 Å². The minimum absolute atomic E-state index is 0.191. The Kier molecular flexibility index (Phi) is 6.96. The van der Waals surface area contributed by atoms with Crippen LogP contribution in [0.2, 0.25) is 0 Å². The van der Waals surface area contributed by atoms with E-state index in [9.17, 15) is 4.79 Å². The maximum absolute atomic E-state index is 10.9. The minimum atomic E-state index is -0.841. The van der Waals surface area contributed by atoms with Crippen LogP contribution in [-0.2, 0) is 4.79 Å². The summed E-state index contributed by atoms with van der Waals surface area (Å²) in [4.78, 5) is 10.9. The molecule has 0 heterocycles. The predicted octanol–water partition coefficient (Wildman–Crippen LogP) is 0.943. The molecule has 0 saturated carbocycles. The van der Waals surface area contributed by atoms with Crippen LogP contribution in [0.5, 0.6) is 0 Å². The van der Waals surface area contributed by atoms with E-state index in [4.69, 9.17) is 10.2 Å². The van der Waals surface area contributed by atoms with Gasteiger partial charge in [0.15, 0.2) is 0 Å². The quantitative estimate of drug-likeness (QED) is 0.584. The smallest absolute Gasteiger partial charge is 0.323 e. The highest BCUT2D eigenvalue weighted by atomic mass is 32.2. The highest BCUT2D eigenvalue weighted by Gasteiger charge is 2.30. The van der Waals surface area contributed by atoms with Gasteiger partial charge in [-0.15, -0.1) is 0 Å². The number of nitrogens with one attached hydrogen (secondary N) is 1. The Balaban J connectivity index is 3.87. The Bertz CT molecular complexity index is 201. The number of carboxylic acids is 1. The molecule has 0 fully saturated rings. The fourth-order valence-electron chi connectivity index (χ4n) is 1.07. The maximum atomic E-state index is 10.9. The lowest BCUT2D eigenvalue weighted by Crippen LogP contribution is -2.47. The molecule has 2 atom stereocenters. The van der Waals surface area contributed by atoms with Crippen molar-refractivity contribution in [2.45, 2.75) is 37.5 Å². The topological polar surface area (TPSA) is 69.6 Å². The third-order valence-electron chi connectivity index (χ3n) is 2.56. The zero-order valence-electron chi connectivity index (χ0n) is 9.62. The Morgan fingerprint density at radius 2 is 2.20 bits per heavy atom. The molecule has 0 aromatic rings. The predicted molar refractivity (Wildman–Crippen MR) is 63.3 cm³/mol. The van der Waals surface area contributed by atoms with Crippen molar-refractivity contribution >= 4 is 17.7 Å². The van der Waals surface area contributed by atoms with Crippen LogP contribution in [0.15, 0.2) is 0 Å². The van der Waals surface area contributed by atoms with Crippen molar-refractivity contribution in [2.75, 3.05) is 19.4 Å². The average molecular weight is 235 g/mol. The molecule has 0 aromatic carbocycles. The maximum Gasteiger partial charge on any atom is 0.323 e. The number of aliphatic hydroxyl groups is 1. The first kappa shape index (κ1) is 14.7. The van der Waals surface area contributed by atoms with Crippen molar-refractivity contribution in [3.05, 3.63) is 0 Å². The SMILES string of the molecule is CNC(C)(CCSC(C)CCO)C(=O)O. The van der Waals surface area contributed by atoms with E-state index >= 15 is 0 Å². The number of carbonyl (C=O) groups is 1. The number of rotatable bonds is 8. The molecule has 0 aliphatic carbocycles. The van der Waals surface area contributed by atoms with Gasteiger partial charge in [0.05, 0.1) is 0 Å². The van der Waals surface area contributed by atoms with Crippen LogP contribution in [0.4, 0.5) is 0 Å². The van der Waals surface area contributed by atoms with Gasteiger partial charge in [-0.05, 0) is 32.6 Å². The fourth-order valence-corrected chi connectivity index (χ4v) is 2.27. The molecule has 3 N–H and O–H groups in total. The number of carboxylic acid groups (broad SMARTS) is 1. The number of likely N-dealkylation sites (N-methyl/N-ethyl adjacent to an activating group) is 1. The summed E-state index contributed by atoms with van der Waals surface area (Å²) in [7, 11) is 1.66. The average Bonchev–Trinajstić information content (AvgIpc) is 2.17.